The maximum atomic E-state index is 11.3. The molecule has 0 aliphatic rings. The molecule has 1 aromatic carbocycles. The number of anilines is 1. The van der Waals surface area contributed by atoms with Crippen molar-refractivity contribution in [2.45, 2.75) is 19.9 Å². The van der Waals surface area contributed by atoms with Gasteiger partial charge in [0.25, 0.3) is 0 Å². The molecule has 0 aliphatic heterocycles. The minimum atomic E-state index is -1.04. The number of hydrogen-bond donors (Lipinski definition) is 1. The summed E-state index contributed by atoms with van der Waals surface area (Å²) in [7, 11) is 0. The van der Waals surface area contributed by atoms with Gasteiger partial charge >= 0.3 is 11.7 Å². The van der Waals surface area contributed by atoms with Crippen LogP contribution in [-0.4, -0.2) is 33.6 Å². The highest BCUT2D eigenvalue weighted by molar-refractivity contribution is 5.97. The van der Waals surface area contributed by atoms with E-state index in [9.17, 15) is 14.9 Å². The Kier molecular flexibility index (Phi) is 4.02. The summed E-state index contributed by atoms with van der Waals surface area (Å²) < 4.78 is 0. The lowest BCUT2D eigenvalue weighted by Gasteiger charge is -2.27. The normalized spacial score (nSPS) is 10.8. The lowest BCUT2D eigenvalue weighted by Crippen LogP contribution is -2.36. The topological polar surface area (TPSA) is 96.6 Å². The minimum absolute atomic E-state index is 0.191. The number of carbonyl (C=O) groups is 1. The molecule has 0 bridgehead atoms. The van der Waals surface area contributed by atoms with Crippen molar-refractivity contribution in [2.24, 2.45) is 0 Å². The van der Waals surface area contributed by atoms with Crippen LogP contribution < -0.4 is 4.90 Å². The number of carboxylic acids is 1. The molecule has 0 saturated carbocycles. The maximum absolute atomic E-state index is 11.3. The molecule has 0 unspecified atom stereocenters. The summed E-state index contributed by atoms with van der Waals surface area (Å²) in [6.45, 7) is 3.27. The Bertz CT molecular complexity index is 700. The molecule has 0 spiro atoms. The first-order valence-electron chi connectivity index (χ1n) is 6.42. The van der Waals surface area contributed by atoms with Gasteiger partial charge in [-0.25, -0.2) is 4.98 Å². The van der Waals surface area contributed by atoms with Crippen molar-refractivity contribution in [1.82, 2.24) is 4.98 Å². The highest BCUT2D eigenvalue weighted by Gasteiger charge is 2.26. The van der Waals surface area contributed by atoms with Crippen LogP contribution in [0.4, 0.5) is 11.4 Å². The van der Waals surface area contributed by atoms with Crippen molar-refractivity contribution < 1.29 is 14.8 Å². The van der Waals surface area contributed by atoms with E-state index in [-0.39, 0.29) is 18.3 Å². The number of pyridine rings is 1. The average Bonchev–Trinajstić information content (AvgIpc) is 2.43. The molecule has 0 aliphatic carbocycles. The predicted octanol–water partition coefficient (Wildman–Crippen LogP) is 2.44. The van der Waals surface area contributed by atoms with Crippen LogP contribution in [0.3, 0.4) is 0 Å². The summed E-state index contributed by atoms with van der Waals surface area (Å²) in [4.78, 5) is 27.4. The summed E-state index contributed by atoms with van der Waals surface area (Å²) in [6, 6.07) is 6.77. The molecule has 7 heteroatoms. The molecule has 0 radical (unpaired) electrons. The zero-order chi connectivity index (χ0) is 15.6. The minimum Gasteiger partial charge on any atom is -0.480 e. The third-order valence-electron chi connectivity index (χ3n) is 3.14. The van der Waals surface area contributed by atoms with Gasteiger partial charge in [0.15, 0.2) is 0 Å². The Hall–Kier alpha value is -2.70. The number of nitro groups is 1. The Labute approximate surface area is 121 Å². The first kappa shape index (κ1) is 14.7. The van der Waals surface area contributed by atoms with Crippen LogP contribution in [0.1, 0.15) is 13.8 Å². The second-order valence-corrected chi connectivity index (χ2v) is 4.88. The summed E-state index contributed by atoms with van der Waals surface area (Å²) in [5.41, 5.74) is 0.695. The molecule has 2 rings (SSSR count). The van der Waals surface area contributed by atoms with Crippen molar-refractivity contribution in [3.8, 4) is 0 Å². The molecule has 2 aromatic rings. The largest absolute Gasteiger partial charge is 0.480 e. The van der Waals surface area contributed by atoms with Crippen LogP contribution in [0.25, 0.3) is 10.9 Å². The summed E-state index contributed by atoms with van der Waals surface area (Å²) in [6.07, 6.45) is 1.18. The number of aromatic nitrogens is 1. The zero-order valence-electron chi connectivity index (χ0n) is 11.7. The van der Waals surface area contributed by atoms with E-state index in [2.05, 4.69) is 4.98 Å². The van der Waals surface area contributed by atoms with Crippen LogP contribution in [0.15, 0.2) is 30.5 Å². The number of hydrogen-bond acceptors (Lipinski definition) is 5. The van der Waals surface area contributed by atoms with Crippen LogP contribution in [0.5, 0.6) is 0 Å². The molecular weight excluding hydrogens is 274 g/mol. The van der Waals surface area contributed by atoms with Crippen molar-refractivity contribution >= 4 is 28.2 Å². The van der Waals surface area contributed by atoms with E-state index in [0.717, 1.165) is 0 Å². The van der Waals surface area contributed by atoms with E-state index in [1.165, 1.54) is 11.1 Å². The van der Waals surface area contributed by atoms with Crippen LogP contribution in [0, 0.1) is 10.1 Å². The number of carboxylic acid groups (broad SMARTS) is 1. The molecule has 0 atom stereocenters. The van der Waals surface area contributed by atoms with Crippen LogP contribution in [0.2, 0.25) is 0 Å². The van der Waals surface area contributed by atoms with Gasteiger partial charge < -0.3 is 10.0 Å². The smallest absolute Gasteiger partial charge is 0.323 e. The first-order valence-corrected chi connectivity index (χ1v) is 6.42. The van der Waals surface area contributed by atoms with Crippen molar-refractivity contribution in [3.63, 3.8) is 0 Å². The van der Waals surface area contributed by atoms with E-state index < -0.39 is 10.9 Å². The lowest BCUT2D eigenvalue weighted by atomic mass is 10.1. The van der Waals surface area contributed by atoms with Crippen molar-refractivity contribution in [1.29, 1.82) is 0 Å². The molecule has 0 fully saturated rings. The van der Waals surface area contributed by atoms with E-state index in [1.54, 1.807) is 38.1 Å². The number of fused-ring (bicyclic) bond motifs is 1. The molecular formula is C14H15N3O4. The van der Waals surface area contributed by atoms with Gasteiger partial charge in [0.2, 0.25) is 0 Å². The maximum Gasteiger partial charge on any atom is 0.323 e. The number of benzene rings is 1. The third-order valence-corrected chi connectivity index (χ3v) is 3.14. The summed E-state index contributed by atoms with van der Waals surface area (Å²) in [5.74, 6) is -1.04. The van der Waals surface area contributed by atoms with Gasteiger partial charge in [-0.3, -0.25) is 14.9 Å². The summed E-state index contributed by atoms with van der Waals surface area (Å²) in [5, 5.41) is 20.9. The lowest BCUT2D eigenvalue weighted by molar-refractivity contribution is -0.384. The SMILES string of the molecule is CC(C)N(CC(=O)O)c1c([N+](=O)[O-])cnc2ccccc12. The quantitative estimate of drug-likeness (QED) is 0.670. The van der Waals surface area contributed by atoms with Crippen molar-refractivity contribution in [3.05, 3.63) is 40.6 Å². The highest BCUT2D eigenvalue weighted by Crippen LogP contribution is 2.35. The first-order chi connectivity index (χ1) is 9.91. The fourth-order valence-corrected chi connectivity index (χ4v) is 2.22. The highest BCUT2D eigenvalue weighted by atomic mass is 16.6. The fourth-order valence-electron chi connectivity index (χ4n) is 2.22. The number of rotatable bonds is 5. The Balaban J connectivity index is 2.75. The Morgan fingerprint density at radius 2 is 2.10 bits per heavy atom. The number of nitrogens with zero attached hydrogens (tertiary/aromatic N) is 3. The zero-order valence-corrected chi connectivity index (χ0v) is 11.7. The second-order valence-electron chi connectivity index (χ2n) is 4.88. The van der Waals surface area contributed by atoms with Gasteiger partial charge in [0, 0.05) is 11.4 Å². The van der Waals surface area contributed by atoms with Gasteiger partial charge in [-0.15, -0.1) is 0 Å². The van der Waals surface area contributed by atoms with E-state index in [1.807, 2.05) is 0 Å². The molecule has 1 N–H and O–H groups in total. The van der Waals surface area contributed by atoms with Gasteiger partial charge in [-0.05, 0) is 19.9 Å². The van der Waals surface area contributed by atoms with Crippen LogP contribution >= 0.6 is 0 Å². The second kappa shape index (κ2) is 5.74. The van der Waals surface area contributed by atoms with E-state index in [0.29, 0.717) is 16.6 Å². The van der Waals surface area contributed by atoms with Gasteiger partial charge in [-0.2, -0.15) is 0 Å². The molecule has 0 saturated heterocycles. The van der Waals surface area contributed by atoms with E-state index in [4.69, 9.17) is 5.11 Å². The van der Waals surface area contributed by atoms with E-state index >= 15 is 0 Å². The fraction of sp³-hybridized carbons (Fsp3) is 0.286. The number of para-hydroxylation sites is 1. The standard InChI is InChI=1S/C14H15N3O4/c1-9(2)16(8-13(18)19)14-10-5-3-4-6-11(10)15-7-12(14)17(20)21/h3-7,9H,8H2,1-2H3,(H,18,19). The molecule has 1 aromatic heterocycles. The molecule has 1 heterocycles. The average molecular weight is 289 g/mol. The van der Waals surface area contributed by atoms with Crippen LogP contribution in [-0.2, 0) is 4.79 Å². The van der Waals surface area contributed by atoms with Gasteiger partial charge in [0.1, 0.15) is 18.4 Å². The molecule has 0 amide bonds. The van der Waals surface area contributed by atoms with Crippen molar-refractivity contribution in [2.75, 3.05) is 11.4 Å². The molecule has 110 valence electrons. The Morgan fingerprint density at radius 1 is 1.43 bits per heavy atom. The van der Waals surface area contributed by atoms with Gasteiger partial charge in [-0.1, -0.05) is 18.2 Å². The molecule has 7 nitrogen and oxygen atoms in total. The third kappa shape index (κ3) is 2.91. The Morgan fingerprint density at radius 3 is 2.67 bits per heavy atom. The molecule has 21 heavy (non-hydrogen) atoms. The monoisotopic (exact) mass is 289 g/mol. The summed E-state index contributed by atoms with van der Waals surface area (Å²) >= 11 is 0. The number of aliphatic carboxylic acids is 1. The predicted molar refractivity (Wildman–Crippen MR) is 78.5 cm³/mol. The van der Waals surface area contributed by atoms with Gasteiger partial charge in [0.05, 0.1) is 10.4 Å².